The van der Waals surface area contributed by atoms with Crippen molar-refractivity contribution < 1.29 is 14.3 Å². The molecule has 23 heavy (non-hydrogen) atoms. The molecule has 4 atom stereocenters. The van der Waals surface area contributed by atoms with E-state index in [9.17, 15) is 9.59 Å². The first-order valence-electron chi connectivity index (χ1n) is 7.71. The first-order valence-corrected chi connectivity index (χ1v) is 9.51. The topological polar surface area (TPSA) is 59.5 Å². The third kappa shape index (κ3) is 2.00. The number of nitrogens with zero attached hydrogens (tertiary/aromatic N) is 2. The van der Waals surface area contributed by atoms with Crippen LogP contribution in [-0.4, -0.2) is 39.8 Å². The number of fused-ring (bicyclic) bond motifs is 6. The molecular weight excluding hydrogens is 332 g/mol. The number of likely N-dealkylation sites (tertiary alicyclic amines) is 1. The SMILES string of the molecule is O=C1C2C3CCC(O3)C2C(=O)N1CSc1nc2ccccc2s1. The van der Waals surface area contributed by atoms with Crippen LogP contribution < -0.4 is 0 Å². The summed E-state index contributed by atoms with van der Waals surface area (Å²) >= 11 is 3.06. The highest BCUT2D eigenvalue weighted by molar-refractivity contribution is 8.01. The Morgan fingerprint density at radius 1 is 1.17 bits per heavy atom. The number of thiazole rings is 1. The molecule has 0 saturated carbocycles. The summed E-state index contributed by atoms with van der Waals surface area (Å²) in [6.07, 6.45) is 1.73. The van der Waals surface area contributed by atoms with Crippen molar-refractivity contribution >= 4 is 45.1 Å². The van der Waals surface area contributed by atoms with Crippen LogP contribution in [0.4, 0.5) is 0 Å². The Bertz CT molecular complexity index is 760. The minimum Gasteiger partial charge on any atom is -0.373 e. The lowest BCUT2D eigenvalue weighted by Gasteiger charge is -2.16. The van der Waals surface area contributed by atoms with Gasteiger partial charge in [0.25, 0.3) is 0 Å². The number of carbonyl (C=O) groups is 2. The Morgan fingerprint density at radius 3 is 2.57 bits per heavy atom. The lowest BCUT2D eigenvalue weighted by molar-refractivity contribution is -0.141. The third-order valence-electron chi connectivity index (χ3n) is 4.97. The molecule has 3 aliphatic heterocycles. The van der Waals surface area contributed by atoms with Crippen molar-refractivity contribution in [2.75, 3.05) is 5.88 Å². The van der Waals surface area contributed by atoms with Gasteiger partial charge in [0.1, 0.15) is 0 Å². The van der Waals surface area contributed by atoms with Gasteiger partial charge in [-0.3, -0.25) is 14.5 Å². The smallest absolute Gasteiger partial charge is 0.236 e. The van der Waals surface area contributed by atoms with E-state index in [1.807, 2.05) is 24.3 Å². The van der Waals surface area contributed by atoms with E-state index in [-0.39, 0.29) is 35.9 Å². The number of para-hydroxylation sites is 1. The fourth-order valence-corrected chi connectivity index (χ4v) is 5.95. The van der Waals surface area contributed by atoms with Crippen LogP contribution in [0.2, 0.25) is 0 Å². The van der Waals surface area contributed by atoms with Crippen molar-refractivity contribution in [3.05, 3.63) is 24.3 Å². The molecule has 118 valence electrons. The number of amides is 2. The molecule has 3 fully saturated rings. The van der Waals surface area contributed by atoms with E-state index in [1.54, 1.807) is 11.3 Å². The molecule has 3 saturated heterocycles. The highest BCUT2D eigenvalue weighted by Gasteiger charge is 2.62. The van der Waals surface area contributed by atoms with Gasteiger partial charge < -0.3 is 4.74 Å². The van der Waals surface area contributed by atoms with E-state index in [0.717, 1.165) is 27.4 Å². The fraction of sp³-hybridized carbons (Fsp3) is 0.438. The number of imide groups is 1. The molecule has 2 bridgehead atoms. The molecule has 7 heteroatoms. The highest BCUT2D eigenvalue weighted by atomic mass is 32.2. The van der Waals surface area contributed by atoms with Gasteiger partial charge in [0.05, 0.1) is 40.1 Å². The Balaban J connectivity index is 1.35. The lowest BCUT2D eigenvalue weighted by atomic mass is 9.81. The normalized spacial score (nSPS) is 32.3. The van der Waals surface area contributed by atoms with Gasteiger partial charge in [-0.15, -0.1) is 11.3 Å². The van der Waals surface area contributed by atoms with Gasteiger partial charge in [-0.25, -0.2) is 4.98 Å². The summed E-state index contributed by atoms with van der Waals surface area (Å²) in [5.41, 5.74) is 0.961. The molecule has 1 aromatic carbocycles. The van der Waals surface area contributed by atoms with Gasteiger partial charge in [0.15, 0.2) is 4.34 Å². The van der Waals surface area contributed by atoms with Crippen molar-refractivity contribution in [1.29, 1.82) is 0 Å². The van der Waals surface area contributed by atoms with Crippen LogP contribution in [0.15, 0.2) is 28.6 Å². The molecule has 3 aliphatic rings. The lowest BCUT2D eigenvalue weighted by Crippen LogP contribution is -2.33. The van der Waals surface area contributed by atoms with Crippen LogP contribution in [-0.2, 0) is 14.3 Å². The minimum absolute atomic E-state index is 0.0427. The van der Waals surface area contributed by atoms with E-state index in [4.69, 9.17) is 4.74 Å². The Hall–Kier alpha value is -1.44. The second-order valence-corrected chi connectivity index (χ2v) is 8.39. The van der Waals surface area contributed by atoms with Crippen LogP contribution in [0.5, 0.6) is 0 Å². The molecule has 5 nitrogen and oxygen atoms in total. The van der Waals surface area contributed by atoms with Crippen molar-refractivity contribution in [2.45, 2.75) is 29.4 Å². The summed E-state index contributed by atoms with van der Waals surface area (Å²) in [6.45, 7) is 0. The van der Waals surface area contributed by atoms with Crippen LogP contribution in [0, 0.1) is 11.8 Å². The molecular formula is C16H14N2O3S2. The van der Waals surface area contributed by atoms with E-state index >= 15 is 0 Å². The zero-order valence-electron chi connectivity index (χ0n) is 12.2. The van der Waals surface area contributed by atoms with Crippen molar-refractivity contribution in [3.63, 3.8) is 0 Å². The molecule has 2 aromatic rings. The van der Waals surface area contributed by atoms with Crippen molar-refractivity contribution in [3.8, 4) is 0 Å². The number of rotatable bonds is 3. The van der Waals surface area contributed by atoms with Gasteiger partial charge in [-0.2, -0.15) is 0 Å². The number of benzene rings is 1. The number of ether oxygens (including phenoxy) is 1. The van der Waals surface area contributed by atoms with Crippen molar-refractivity contribution in [2.24, 2.45) is 11.8 Å². The third-order valence-corrected chi connectivity index (χ3v) is 7.13. The zero-order valence-corrected chi connectivity index (χ0v) is 13.8. The van der Waals surface area contributed by atoms with Gasteiger partial charge in [0, 0.05) is 0 Å². The van der Waals surface area contributed by atoms with Crippen LogP contribution in [0.1, 0.15) is 12.8 Å². The predicted molar refractivity (Wildman–Crippen MR) is 87.1 cm³/mol. The molecule has 0 aliphatic carbocycles. The average Bonchev–Trinajstić information content (AvgIpc) is 3.29. The predicted octanol–water partition coefficient (Wildman–Crippen LogP) is 2.51. The van der Waals surface area contributed by atoms with Crippen LogP contribution >= 0.6 is 23.1 Å². The summed E-state index contributed by atoms with van der Waals surface area (Å²) in [4.78, 5) is 31.1. The summed E-state index contributed by atoms with van der Waals surface area (Å²) in [7, 11) is 0. The molecule has 0 N–H and O–H groups in total. The quantitative estimate of drug-likeness (QED) is 0.631. The maximum atomic E-state index is 12.6. The molecule has 4 unspecified atom stereocenters. The number of aromatic nitrogens is 1. The molecule has 1 aromatic heterocycles. The van der Waals surface area contributed by atoms with Gasteiger partial charge >= 0.3 is 0 Å². The summed E-state index contributed by atoms with van der Waals surface area (Å²) in [5.74, 6) is -0.236. The maximum absolute atomic E-state index is 12.6. The molecule has 0 spiro atoms. The second kappa shape index (κ2) is 5.03. The summed E-state index contributed by atoms with van der Waals surface area (Å²) in [6, 6.07) is 7.95. The number of thioether (sulfide) groups is 1. The first-order chi connectivity index (χ1) is 11.2. The average molecular weight is 346 g/mol. The van der Waals surface area contributed by atoms with Crippen LogP contribution in [0.25, 0.3) is 10.2 Å². The Kier molecular flexibility index (Phi) is 3.05. The highest BCUT2D eigenvalue weighted by Crippen LogP contribution is 2.49. The summed E-state index contributed by atoms with van der Waals surface area (Å²) in [5, 5.41) is 0. The second-order valence-electron chi connectivity index (χ2n) is 6.17. The standard InChI is InChI=1S/C16H14N2O3S2/c19-14-12-9-5-6-10(21-9)13(12)15(20)18(14)7-22-16-17-8-3-1-2-4-11(8)23-16/h1-4,9-10,12-13H,5-7H2. The Morgan fingerprint density at radius 2 is 1.87 bits per heavy atom. The molecule has 0 radical (unpaired) electrons. The maximum Gasteiger partial charge on any atom is 0.236 e. The van der Waals surface area contributed by atoms with E-state index in [0.29, 0.717) is 5.88 Å². The molecule has 4 heterocycles. The first kappa shape index (κ1) is 13.9. The Labute approximate surface area is 141 Å². The number of hydrogen-bond donors (Lipinski definition) is 0. The minimum atomic E-state index is -0.239. The van der Waals surface area contributed by atoms with Crippen LogP contribution in [0.3, 0.4) is 0 Å². The largest absolute Gasteiger partial charge is 0.373 e. The molecule has 5 rings (SSSR count). The van der Waals surface area contributed by atoms with E-state index in [1.165, 1.54) is 16.7 Å². The molecule has 2 amide bonds. The van der Waals surface area contributed by atoms with Crippen molar-refractivity contribution in [1.82, 2.24) is 9.88 Å². The monoisotopic (exact) mass is 346 g/mol. The number of carbonyl (C=O) groups excluding carboxylic acids is 2. The van der Waals surface area contributed by atoms with E-state index < -0.39 is 0 Å². The van der Waals surface area contributed by atoms with E-state index in [2.05, 4.69) is 4.98 Å². The zero-order chi connectivity index (χ0) is 15.6. The number of hydrogen-bond acceptors (Lipinski definition) is 6. The van der Waals surface area contributed by atoms with Gasteiger partial charge in [-0.05, 0) is 25.0 Å². The van der Waals surface area contributed by atoms with Gasteiger partial charge in [-0.1, -0.05) is 23.9 Å². The summed E-state index contributed by atoms with van der Waals surface area (Å²) < 4.78 is 7.76. The fourth-order valence-electron chi connectivity index (χ4n) is 3.93. The van der Waals surface area contributed by atoms with Gasteiger partial charge in [0.2, 0.25) is 11.8 Å².